The van der Waals surface area contributed by atoms with Crippen molar-refractivity contribution < 1.29 is 13.9 Å². The van der Waals surface area contributed by atoms with E-state index in [1.54, 1.807) is 7.11 Å². The monoisotopic (exact) mass is 304 g/mol. The number of benzene rings is 1. The number of fused-ring (bicyclic) bond motifs is 1. The molecule has 1 aromatic heterocycles. The first-order valence-corrected chi connectivity index (χ1v) is 7.57. The van der Waals surface area contributed by atoms with Crippen LogP contribution in [0.3, 0.4) is 0 Å². The van der Waals surface area contributed by atoms with Crippen molar-refractivity contribution in [3.63, 3.8) is 0 Å². The molecule has 0 saturated heterocycles. The molecule has 0 spiro atoms. The average molecular weight is 304 g/mol. The number of hydrogen-bond acceptors (Lipinski definition) is 4. The van der Waals surface area contributed by atoms with Gasteiger partial charge in [0.15, 0.2) is 0 Å². The minimum atomic E-state index is -0.152. The molecule has 1 aromatic carbocycles. The van der Waals surface area contributed by atoms with Crippen molar-refractivity contribution >= 4 is 16.9 Å². The maximum absolute atomic E-state index is 11.9. The van der Waals surface area contributed by atoms with Gasteiger partial charge in [0.05, 0.1) is 13.2 Å². The third kappa shape index (κ3) is 3.60. The number of amides is 1. The van der Waals surface area contributed by atoms with Gasteiger partial charge in [-0.25, -0.2) is 0 Å². The molecule has 0 bridgehead atoms. The Hall–Kier alpha value is -2.01. The molecule has 5 heteroatoms. The van der Waals surface area contributed by atoms with Crippen molar-refractivity contribution in [2.24, 2.45) is 0 Å². The van der Waals surface area contributed by atoms with E-state index in [-0.39, 0.29) is 11.9 Å². The summed E-state index contributed by atoms with van der Waals surface area (Å²) in [7, 11) is 3.53. The van der Waals surface area contributed by atoms with Gasteiger partial charge in [-0.15, -0.1) is 0 Å². The van der Waals surface area contributed by atoms with E-state index in [0.717, 1.165) is 41.0 Å². The van der Waals surface area contributed by atoms with E-state index in [2.05, 4.69) is 10.6 Å². The number of hydrogen-bond donors (Lipinski definition) is 2. The van der Waals surface area contributed by atoms with Gasteiger partial charge in [-0.2, -0.15) is 0 Å². The minimum Gasteiger partial charge on any atom is -0.497 e. The number of nitrogens with one attached hydrogen (secondary N) is 2. The zero-order valence-electron chi connectivity index (χ0n) is 13.7. The lowest BCUT2D eigenvalue weighted by atomic mass is 10.1. The maximum Gasteiger partial charge on any atom is 0.220 e. The fourth-order valence-electron chi connectivity index (χ4n) is 2.56. The fourth-order valence-corrected chi connectivity index (χ4v) is 2.56. The van der Waals surface area contributed by atoms with Crippen LogP contribution in [0.25, 0.3) is 11.0 Å². The van der Waals surface area contributed by atoms with Gasteiger partial charge in [0.1, 0.15) is 17.1 Å². The number of rotatable bonds is 7. The largest absolute Gasteiger partial charge is 0.497 e. The Labute approximate surface area is 131 Å². The van der Waals surface area contributed by atoms with Crippen molar-refractivity contribution in [2.75, 3.05) is 20.7 Å². The molecule has 0 aliphatic rings. The third-order valence-corrected chi connectivity index (χ3v) is 3.78. The highest BCUT2D eigenvalue weighted by Gasteiger charge is 2.18. The maximum atomic E-state index is 11.9. The summed E-state index contributed by atoms with van der Waals surface area (Å²) in [5.41, 5.74) is 1.85. The molecule has 0 fully saturated rings. The molecular weight excluding hydrogens is 280 g/mol. The summed E-state index contributed by atoms with van der Waals surface area (Å²) in [5, 5.41) is 7.05. The Morgan fingerprint density at radius 1 is 1.41 bits per heavy atom. The van der Waals surface area contributed by atoms with Crippen molar-refractivity contribution in [3.05, 3.63) is 29.5 Å². The van der Waals surface area contributed by atoms with Crippen molar-refractivity contribution in [1.82, 2.24) is 10.6 Å². The summed E-state index contributed by atoms with van der Waals surface area (Å²) in [6, 6.07) is 5.57. The number of methoxy groups -OCH3 is 1. The quantitative estimate of drug-likeness (QED) is 0.772. The van der Waals surface area contributed by atoms with Gasteiger partial charge in [0.2, 0.25) is 5.91 Å². The zero-order valence-corrected chi connectivity index (χ0v) is 13.7. The molecule has 2 N–H and O–H groups in total. The lowest BCUT2D eigenvalue weighted by Crippen LogP contribution is -2.27. The molecule has 2 aromatic rings. The Bertz CT molecular complexity index is 649. The normalized spacial score (nSPS) is 12.4. The second kappa shape index (κ2) is 7.31. The molecule has 0 aliphatic carbocycles. The van der Waals surface area contributed by atoms with Crippen LogP contribution in [0.2, 0.25) is 0 Å². The smallest absolute Gasteiger partial charge is 0.220 e. The molecule has 0 saturated carbocycles. The first-order chi connectivity index (χ1) is 10.6. The van der Waals surface area contributed by atoms with Gasteiger partial charge < -0.3 is 19.8 Å². The number of furan rings is 1. The standard InChI is InChI=1S/C17H24N2O3/c1-11-14-10-13(21-4)7-8-15(14)22-17(11)12(2)19-16(20)6-5-9-18-3/h7-8,10,12,18H,5-6,9H2,1-4H3,(H,19,20). The lowest BCUT2D eigenvalue weighted by Gasteiger charge is -2.12. The third-order valence-electron chi connectivity index (χ3n) is 3.78. The molecule has 0 radical (unpaired) electrons. The van der Waals surface area contributed by atoms with Gasteiger partial charge in [0, 0.05) is 17.4 Å². The van der Waals surface area contributed by atoms with Gasteiger partial charge in [-0.3, -0.25) is 4.79 Å². The van der Waals surface area contributed by atoms with Crippen LogP contribution >= 0.6 is 0 Å². The molecule has 2 rings (SSSR count). The van der Waals surface area contributed by atoms with Gasteiger partial charge >= 0.3 is 0 Å². The SMILES string of the molecule is CNCCCC(=O)NC(C)c1oc2ccc(OC)cc2c1C. The van der Waals surface area contributed by atoms with E-state index in [4.69, 9.17) is 9.15 Å². The second-order valence-electron chi connectivity index (χ2n) is 5.45. The summed E-state index contributed by atoms with van der Waals surface area (Å²) in [5.74, 6) is 1.64. The highest BCUT2D eigenvalue weighted by Crippen LogP contribution is 2.31. The topological polar surface area (TPSA) is 63.5 Å². The minimum absolute atomic E-state index is 0.0418. The first-order valence-electron chi connectivity index (χ1n) is 7.57. The molecule has 120 valence electrons. The first kappa shape index (κ1) is 16.4. The fraction of sp³-hybridized carbons (Fsp3) is 0.471. The molecule has 1 heterocycles. The number of aryl methyl sites for hydroxylation is 1. The van der Waals surface area contributed by atoms with E-state index in [0.29, 0.717) is 6.42 Å². The van der Waals surface area contributed by atoms with E-state index in [1.165, 1.54) is 0 Å². The Morgan fingerprint density at radius 2 is 2.18 bits per heavy atom. The van der Waals surface area contributed by atoms with Crippen LogP contribution in [0.15, 0.2) is 22.6 Å². The van der Waals surface area contributed by atoms with Crippen LogP contribution < -0.4 is 15.4 Å². The second-order valence-corrected chi connectivity index (χ2v) is 5.45. The highest BCUT2D eigenvalue weighted by atomic mass is 16.5. The van der Waals surface area contributed by atoms with Gasteiger partial charge in [-0.1, -0.05) is 0 Å². The highest BCUT2D eigenvalue weighted by molar-refractivity contribution is 5.84. The van der Waals surface area contributed by atoms with Crippen LogP contribution in [-0.2, 0) is 4.79 Å². The van der Waals surface area contributed by atoms with E-state index in [1.807, 2.05) is 39.1 Å². The van der Waals surface area contributed by atoms with E-state index >= 15 is 0 Å². The van der Waals surface area contributed by atoms with Crippen LogP contribution in [0.4, 0.5) is 0 Å². The summed E-state index contributed by atoms with van der Waals surface area (Å²) in [6.07, 6.45) is 1.34. The number of carbonyl (C=O) groups excluding carboxylic acids is 1. The number of carbonyl (C=O) groups is 1. The molecule has 1 atom stereocenters. The zero-order chi connectivity index (χ0) is 16.1. The Balaban J connectivity index is 2.12. The Morgan fingerprint density at radius 3 is 2.86 bits per heavy atom. The van der Waals surface area contributed by atoms with E-state index < -0.39 is 0 Å². The van der Waals surface area contributed by atoms with E-state index in [9.17, 15) is 4.79 Å². The molecule has 5 nitrogen and oxygen atoms in total. The summed E-state index contributed by atoms with van der Waals surface area (Å²) < 4.78 is 11.2. The van der Waals surface area contributed by atoms with Crippen molar-refractivity contribution in [2.45, 2.75) is 32.7 Å². The van der Waals surface area contributed by atoms with Crippen LogP contribution in [0.1, 0.15) is 37.1 Å². The van der Waals surface area contributed by atoms with Crippen LogP contribution in [0.5, 0.6) is 5.75 Å². The number of ether oxygens (including phenoxy) is 1. The van der Waals surface area contributed by atoms with Gasteiger partial charge in [0.25, 0.3) is 0 Å². The summed E-state index contributed by atoms with van der Waals surface area (Å²) in [4.78, 5) is 11.9. The van der Waals surface area contributed by atoms with Gasteiger partial charge in [-0.05, 0) is 52.1 Å². The molecular formula is C17H24N2O3. The molecule has 22 heavy (non-hydrogen) atoms. The summed E-state index contributed by atoms with van der Waals surface area (Å²) in [6.45, 7) is 4.79. The molecule has 0 aliphatic heterocycles. The predicted molar refractivity (Wildman–Crippen MR) is 87.2 cm³/mol. The van der Waals surface area contributed by atoms with Crippen molar-refractivity contribution in [3.8, 4) is 5.75 Å². The molecule has 1 unspecified atom stereocenters. The molecule has 1 amide bonds. The lowest BCUT2D eigenvalue weighted by molar-refractivity contribution is -0.121. The Kier molecular flexibility index (Phi) is 5.44. The van der Waals surface area contributed by atoms with Crippen LogP contribution in [0, 0.1) is 6.92 Å². The van der Waals surface area contributed by atoms with Crippen molar-refractivity contribution in [1.29, 1.82) is 0 Å². The van der Waals surface area contributed by atoms with Crippen LogP contribution in [-0.4, -0.2) is 26.6 Å². The predicted octanol–water partition coefficient (Wildman–Crippen LogP) is 2.93. The summed E-state index contributed by atoms with van der Waals surface area (Å²) >= 11 is 0. The average Bonchev–Trinajstić information content (AvgIpc) is 2.84.